The molecule has 0 unspecified atom stereocenters. The largest absolute Gasteiger partial charge is 0.432 e. The van der Waals surface area contributed by atoms with E-state index < -0.39 is 54.1 Å². The molecule has 0 saturated carbocycles. The zero-order chi connectivity index (χ0) is 14.5. The molecule has 0 aliphatic heterocycles. The number of hydrogen-bond donors (Lipinski definition) is 0. The van der Waals surface area contributed by atoms with Crippen molar-refractivity contribution in [1.29, 1.82) is 0 Å². The van der Waals surface area contributed by atoms with E-state index in [1.807, 2.05) is 0 Å². The maximum Gasteiger partial charge on any atom is 0.432 e. The van der Waals surface area contributed by atoms with Gasteiger partial charge in [0, 0.05) is 0 Å². The van der Waals surface area contributed by atoms with Crippen molar-refractivity contribution in [3.8, 4) is 0 Å². The van der Waals surface area contributed by atoms with Gasteiger partial charge in [0.1, 0.15) is 0 Å². The third-order valence-electron chi connectivity index (χ3n) is 2.31. The van der Waals surface area contributed by atoms with Crippen LogP contribution in [-0.4, -0.2) is 55.0 Å². The highest BCUT2D eigenvalue weighted by atomic mass is 19.3. The van der Waals surface area contributed by atoms with E-state index in [2.05, 4.69) is 0 Å². The predicted octanol–water partition coefficient (Wildman–Crippen LogP) is 0.445. The number of rotatable bonds is 8. The minimum atomic E-state index is -3.66. The van der Waals surface area contributed by atoms with Crippen LogP contribution < -0.4 is 0 Å². The van der Waals surface area contributed by atoms with Crippen LogP contribution in [-0.2, 0) is 0 Å². The molecule has 0 aliphatic rings. The molecule has 0 saturated heterocycles. The van der Waals surface area contributed by atoms with Crippen molar-refractivity contribution in [3.05, 3.63) is 6.32 Å². The lowest BCUT2D eigenvalue weighted by molar-refractivity contribution is 0.349. The Hall–Kier alpha value is -0.0405. The van der Waals surface area contributed by atoms with Gasteiger partial charge in [-0.05, 0) is 0 Å². The van der Waals surface area contributed by atoms with Gasteiger partial charge < -0.3 is 25.9 Å². The molecular formula is C2H5B8F8. The van der Waals surface area contributed by atoms with Crippen molar-refractivity contribution in [2.75, 3.05) is 0 Å². The van der Waals surface area contributed by atoms with Crippen LogP contribution in [0.1, 0.15) is 0 Å². The molecular weight excluding hydrogens is 263 g/mol. The van der Waals surface area contributed by atoms with E-state index in [-0.39, 0.29) is 7.17 Å². The lowest BCUT2D eigenvalue weighted by Crippen LogP contribution is -2.59. The van der Waals surface area contributed by atoms with Gasteiger partial charge in [-0.15, -0.1) is 0 Å². The van der Waals surface area contributed by atoms with Crippen molar-refractivity contribution in [2.45, 2.75) is 6.82 Å². The lowest BCUT2D eigenvalue weighted by atomic mass is 8.83. The summed E-state index contributed by atoms with van der Waals surface area (Å²) < 4.78 is 100. The highest BCUT2D eigenvalue weighted by Gasteiger charge is 2.60. The third kappa shape index (κ3) is 4.91. The van der Waals surface area contributed by atoms with Gasteiger partial charge in [-0.2, -0.15) is 0 Å². The summed E-state index contributed by atoms with van der Waals surface area (Å²) in [5.74, 6) is 0. The molecule has 93 valence electrons. The first-order chi connectivity index (χ1) is 8.23. The molecule has 18 heavy (non-hydrogen) atoms. The van der Waals surface area contributed by atoms with E-state index in [1.54, 1.807) is 0 Å². The molecule has 0 nitrogen and oxygen atoms in total. The van der Waals surface area contributed by atoms with Crippen molar-refractivity contribution in [1.82, 2.24) is 0 Å². The maximum atomic E-state index is 13.0. The summed E-state index contributed by atoms with van der Waals surface area (Å²) >= 11 is 0. The molecule has 16 heteroatoms. The highest BCUT2D eigenvalue weighted by molar-refractivity contribution is 7.79. The van der Waals surface area contributed by atoms with Crippen LogP contribution in [0.5, 0.6) is 0 Å². The molecule has 0 spiro atoms. The standard InChI is InChI=1S/C2H5B8F8/c1-3-4-6(14)8(16)10(18)9(17)7(15)5(13)2(11)12/h3-4H,1H3. The van der Waals surface area contributed by atoms with Crippen LogP contribution in [0.15, 0.2) is 0 Å². The molecule has 0 fully saturated rings. The van der Waals surface area contributed by atoms with Gasteiger partial charge >= 0.3 is 47.1 Å². The number of hydrogen-bond acceptors (Lipinski definition) is 0. The van der Waals surface area contributed by atoms with E-state index in [9.17, 15) is 34.7 Å². The Kier molecular flexibility index (Phi) is 8.18. The van der Waals surface area contributed by atoms with Crippen LogP contribution >= 0.6 is 0 Å². The predicted molar refractivity (Wildman–Crippen MR) is 66.8 cm³/mol. The molecule has 0 aromatic heterocycles. The summed E-state index contributed by atoms with van der Waals surface area (Å²) in [7, 11) is -0.309. The topological polar surface area (TPSA) is 0 Å². The second-order valence-corrected chi connectivity index (χ2v) is 3.77. The van der Waals surface area contributed by atoms with Crippen LogP contribution in [0.2, 0.25) is 6.82 Å². The minimum Gasteiger partial charge on any atom is -0.355 e. The first-order valence-electron chi connectivity index (χ1n) is 5.26. The molecule has 0 N–H and O–H groups in total. The highest BCUT2D eigenvalue weighted by Crippen LogP contribution is 2.18. The Morgan fingerprint density at radius 2 is 1.22 bits per heavy atom. The summed E-state index contributed by atoms with van der Waals surface area (Å²) in [5.41, 5.74) is 0. The van der Waals surface area contributed by atoms with Gasteiger partial charge in [0.2, 0.25) is 0 Å². The fourth-order valence-corrected chi connectivity index (χ4v) is 1.27. The van der Waals surface area contributed by atoms with Crippen LogP contribution in [0.4, 0.5) is 34.7 Å². The zero-order valence-corrected chi connectivity index (χ0v) is 9.40. The lowest BCUT2D eigenvalue weighted by Gasteiger charge is -2.12. The molecule has 0 rings (SSSR count). The Morgan fingerprint density at radius 3 is 1.61 bits per heavy atom. The van der Waals surface area contributed by atoms with E-state index in [0.29, 0.717) is 0 Å². The zero-order valence-electron chi connectivity index (χ0n) is 9.40. The summed E-state index contributed by atoms with van der Waals surface area (Å²) in [4.78, 5) is 0. The Bertz CT molecular complexity index is 231. The van der Waals surface area contributed by atoms with Crippen molar-refractivity contribution < 1.29 is 34.7 Å². The SMILES string of the molecule is CBBB(F)B(F)B(F)B(F)B(F)B(F)[C](F)F. The maximum absolute atomic E-state index is 13.0. The van der Waals surface area contributed by atoms with Crippen molar-refractivity contribution >= 4 is 55.0 Å². The average Bonchev–Trinajstić information content (AvgIpc) is 2.34. The molecule has 0 amide bonds. The van der Waals surface area contributed by atoms with Crippen LogP contribution in [0.3, 0.4) is 0 Å². The monoisotopic (exact) mass is 269 g/mol. The second-order valence-electron chi connectivity index (χ2n) is 3.77. The Balaban J connectivity index is 4.52. The first-order valence-corrected chi connectivity index (χ1v) is 5.26. The van der Waals surface area contributed by atoms with Gasteiger partial charge in [0.15, 0.2) is 0 Å². The van der Waals surface area contributed by atoms with Gasteiger partial charge in [0.05, 0.1) is 14.2 Å². The molecule has 0 atom stereocenters. The van der Waals surface area contributed by atoms with Gasteiger partial charge in [-0.1, -0.05) is 6.82 Å². The van der Waals surface area contributed by atoms with E-state index in [0.717, 1.165) is 0 Å². The summed E-state index contributed by atoms with van der Waals surface area (Å²) in [5, 5.41) is 0. The number of halogens is 8. The van der Waals surface area contributed by atoms with E-state index >= 15 is 0 Å². The fourth-order valence-electron chi connectivity index (χ4n) is 1.27. The molecule has 0 aromatic rings. The summed E-state index contributed by atoms with van der Waals surface area (Å²) in [6.07, 6.45) is -3.09. The molecule has 0 aromatic carbocycles. The van der Waals surface area contributed by atoms with Gasteiger partial charge in [-0.25, -0.2) is 8.78 Å². The second kappa shape index (κ2) is 8.19. The molecule has 0 aliphatic carbocycles. The fraction of sp³-hybridized carbons (Fsp3) is 0.500. The van der Waals surface area contributed by atoms with Crippen molar-refractivity contribution in [2.24, 2.45) is 0 Å². The quantitative estimate of drug-likeness (QED) is 0.442. The van der Waals surface area contributed by atoms with Crippen molar-refractivity contribution in [3.63, 3.8) is 0 Å². The van der Waals surface area contributed by atoms with Crippen LogP contribution in [0, 0.1) is 6.32 Å². The summed E-state index contributed by atoms with van der Waals surface area (Å²) in [6, 6.07) is 0. The molecule has 1 radical (unpaired) electrons. The summed E-state index contributed by atoms with van der Waals surface area (Å²) in [6.45, 7) is -18.0. The van der Waals surface area contributed by atoms with Crippen LogP contribution in [0.25, 0.3) is 0 Å². The van der Waals surface area contributed by atoms with Gasteiger partial charge in [-0.3, -0.25) is 0 Å². The third-order valence-corrected chi connectivity index (χ3v) is 2.31. The van der Waals surface area contributed by atoms with Gasteiger partial charge in [0.25, 0.3) is 0 Å². The Labute approximate surface area is 104 Å². The average molecular weight is 268 g/mol. The van der Waals surface area contributed by atoms with E-state index in [4.69, 9.17) is 0 Å². The molecule has 0 heterocycles. The molecule has 0 bridgehead atoms. The smallest absolute Gasteiger partial charge is 0.355 e. The first kappa shape index (κ1) is 18.0. The Morgan fingerprint density at radius 1 is 0.778 bits per heavy atom. The minimum absolute atomic E-state index is 0.128. The normalized spacial score (nSPS) is 9.89. The van der Waals surface area contributed by atoms with E-state index in [1.165, 1.54) is 6.82 Å².